The second kappa shape index (κ2) is 9.24. The zero-order chi connectivity index (χ0) is 23.6. The van der Waals surface area contributed by atoms with Crippen molar-refractivity contribution in [2.45, 2.75) is 18.6 Å². The maximum atomic E-state index is 13.0. The molecule has 0 aliphatic carbocycles. The van der Waals surface area contributed by atoms with E-state index in [0.717, 1.165) is 33.6 Å². The number of fused-ring (bicyclic) bond motifs is 1. The van der Waals surface area contributed by atoms with E-state index >= 15 is 0 Å². The van der Waals surface area contributed by atoms with Crippen molar-refractivity contribution in [3.05, 3.63) is 70.9 Å². The molecule has 10 heteroatoms. The second-order valence-electron chi connectivity index (χ2n) is 7.41. The van der Waals surface area contributed by atoms with Crippen molar-refractivity contribution in [2.24, 2.45) is 5.73 Å². The average Bonchev–Trinajstić information content (AvgIpc) is 3.45. The number of methoxy groups -OCH3 is 1. The number of nitrogens with one attached hydrogen (secondary N) is 2. The monoisotopic (exact) mass is 474 g/mol. The van der Waals surface area contributed by atoms with Crippen molar-refractivity contribution in [3.63, 3.8) is 0 Å². The highest BCUT2D eigenvalue weighted by molar-refractivity contribution is 7.17. The number of aromatic amines is 1. The molecule has 172 valence electrons. The van der Waals surface area contributed by atoms with Gasteiger partial charge in [-0.3, -0.25) is 4.79 Å². The highest BCUT2D eigenvalue weighted by Gasteiger charge is 2.30. The van der Waals surface area contributed by atoms with Crippen LogP contribution in [0.4, 0.5) is 13.2 Å². The topological polar surface area (TPSA) is 93.0 Å². The number of aromatic nitrogens is 2. The molecular weight excluding hydrogens is 453 g/mol. The smallest absolute Gasteiger partial charge is 0.416 e. The normalized spacial score (nSPS) is 12.6. The number of rotatable bonds is 7. The van der Waals surface area contributed by atoms with E-state index in [0.29, 0.717) is 16.2 Å². The second-order valence-corrected chi connectivity index (χ2v) is 8.47. The molecule has 0 spiro atoms. The van der Waals surface area contributed by atoms with Gasteiger partial charge in [-0.2, -0.15) is 13.2 Å². The largest absolute Gasteiger partial charge is 0.495 e. The maximum absolute atomic E-state index is 13.0. The van der Waals surface area contributed by atoms with Crippen LogP contribution >= 0.6 is 11.3 Å². The minimum atomic E-state index is -4.43. The predicted octanol–water partition coefficient (Wildman–Crippen LogP) is 4.62. The van der Waals surface area contributed by atoms with Gasteiger partial charge in [-0.05, 0) is 36.2 Å². The van der Waals surface area contributed by atoms with Crippen molar-refractivity contribution >= 4 is 28.3 Å². The summed E-state index contributed by atoms with van der Waals surface area (Å²) in [5.74, 6) is 0.00716. The predicted molar refractivity (Wildman–Crippen MR) is 121 cm³/mol. The minimum absolute atomic E-state index is 0.0663. The van der Waals surface area contributed by atoms with Gasteiger partial charge in [0.2, 0.25) is 0 Å². The molecule has 0 bridgehead atoms. The number of pyridine rings is 1. The van der Waals surface area contributed by atoms with Crippen molar-refractivity contribution in [1.29, 1.82) is 0 Å². The third-order valence-electron chi connectivity index (χ3n) is 5.21. The number of H-pyrrole nitrogens is 1. The Kier molecular flexibility index (Phi) is 6.39. The number of halogens is 3. The van der Waals surface area contributed by atoms with Gasteiger partial charge < -0.3 is 20.8 Å². The molecule has 0 fully saturated rings. The van der Waals surface area contributed by atoms with Crippen LogP contribution in [-0.4, -0.2) is 35.6 Å². The van der Waals surface area contributed by atoms with Crippen LogP contribution < -0.4 is 15.8 Å². The Bertz CT molecular complexity index is 1280. The van der Waals surface area contributed by atoms with Crippen molar-refractivity contribution in [1.82, 2.24) is 15.3 Å². The van der Waals surface area contributed by atoms with Crippen LogP contribution in [0.25, 0.3) is 21.5 Å². The Hall–Kier alpha value is -3.37. The number of nitrogens with two attached hydrogens (primary N) is 1. The molecule has 1 amide bonds. The molecule has 1 aromatic carbocycles. The summed E-state index contributed by atoms with van der Waals surface area (Å²) in [6.07, 6.45) is -0.796. The Morgan fingerprint density at radius 3 is 2.82 bits per heavy atom. The number of alkyl halides is 3. The lowest BCUT2D eigenvalue weighted by Crippen LogP contribution is -2.41. The Morgan fingerprint density at radius 1 is 1.27 bits per heavy atom. The SMILES string of the molecule is COc1cc(-c2ccnc3[nH]ccc23)sc1C(=O)N[C@H](CN)Cc1cccc(C(F)(F)F)c1. The molecule has 0 saturated carbocycles. The van der Waals surface area contributed by atoms with Gasteiger partial charge in [0.1, 0.15) is 16.3 Å². The standard InChI is InChI=1S/C23H21F3N4O2S/c1-32-18-11-19(16-5-7-28-21-17(16)6-8-29-21)33-20(18)22(31)30-15(12-27)10-13-3-2-4-14(9-13)23(24,25)26/h2-9,11,15H,10,12,27H2,1H3,(H,28,29)(H,30,31)/t15-/m0/s1. The summed E-state index contributed by atoms with van der Waals surface area (Å²) < 4.78 is 44.4. The minimum Gasteiger partial charge on any atom is -0.495 e. The molecular formula is C23H21F3N4O2S. The average molecular weight is 475 g/mol. The zero-order valence-corrected chi connectivity index (χ0v) is 18.4. The molecule has 1 atom stereocenters. The summed E-state index contributed by atoms with van der Waals surface area (Å²) in [6.45, 7) is 0.0663. The van der Waals surface area contributed by atoms with E-state index < -0.39 is 23.7 Å². The summed E-state index contributed by atoms with van der Waals surface area (Å²) in [6, 6.07) is 10.0. The van der Waals surface area contributed by atoms with E-state index in [-0.39, 0.29) is 13.0 Å². The fourth-order valence-electron chi connectivity index (χ4n) is 3.60. The fraction of sp³-hybridized carbons (Fsp3) is 0.217. The lowest BCUT2D eigenvalue weighted by Gasteiger charge is -2.17. The van der Waals surface area contributed by atoms with Crippen LogP contribution in [0.5, 0.6) is 5.75 Å². The van der Waals surface area contributed by atoms with Crippen LogP contribution in [0, 0.1) is 0 Å². The summed E-state index contributed by atoms with van der Waals surface area (Å²) in [4.78, 5) is 21.6. The van der Waals surface area contributed by atoms with E-state index in [4.69, 9.17) is 10.5 Å². The van der Waals surface area contributed by atoms with Crippen LogP contribution in [0.15, 0.2) is 54.9 Å². The molecule has 4 aromatic rings. The third-order valence-corrected chi connectivity index (χ3v) is 6.35. The molecule has 6 nitrogen and oxygen atoms in total. The van der Waals surface area contributed by atoms with E-state index in [1.165, 1.54) is 24.5 Å². The number of benzene rings is 1. The van der Waals surface area contributed by atoms with E-state index in [9.17, 15) is 18.0 Å². The van der Waals surface area contributed by atoms with E-state index in [2.05, 4.69) is 15.3 Å². The number of nitrogens with zero attached hydrogens (tertiary/aromatic N) is 1. The molecule has 0 aliphatic heterocycles. The first-order valence-electron chi connectivity index (χ1n) is 10.1. The summed E-state index contributed by atoms with van der Waals surface area (Å²) >= 11 is 1.26. The third kappa shape index (κ3) is 4.86. The number of carbonyl (C=O) groups excluding carboxylic acids is 1. The van der Waals surface area contributed by atoms with Gasteiger partial charge in [0.05, 0.1) is 12.7 Å². The van der Waals surface area contributed by atoms with Crippen LogP contribution in [0.1, 0.15) is 20.8 Å². The van der Waals surface area contributed by atoms with Gasteiger partial charge in [-0.1, -0.05) is 18.2 Å². The van der Waals surface area contributed by atoms with Gasteiger partial charge >= 0.3 is 6.18 Å². The lowest BCUT2D eigenvalue weighted by atomic mass is 10.0. The van der Waals surface area contributed by atoms with Crippen molar-refractivity contribution in [3.8, 4) is 16.2 Å². The molecule has 0 radical (unpaired) electrons. The summed E-state index contributed by atoms with van der Waals surface area (Å²) in [5.41, 5.74) is 7.15. The molecule has 0 unspecified atom stereocenters. The molecule has 4 N–H and O–H groups in total. The van der Waals surface area contributed by atoms with Gasteiger partial charge in [-0.15, -0.1) is 11.3 Å². The first-order chi connectivity index (χ1) is 15.8. The van der Waals surface area contributed by atoms with Crippen LogP contribution in [0.2, 0.25) is 0 Å². The van der Waals surface area contributed by atoms with Crippen molar-refractivity contribution in [2.75, 3.05) is 13.7 Å². The highest BCUT2D eigenvalue weighted by atomic mass is 32.1. The molecule has 3 heterocycles. The van der Waals surface area contributed by atoms with Gasteiger partial charge in [0.15, 0.2) is 0 Å². The Morgan fingerprint density at radius 2 is 2.09 bits per heavy atom. The first-order valence-corrected chi connectivity index (χ1v) is 10.9. The summed E-state index contributed by atoms with van der Waals surface area (Å²) in [7, 11) is 1.48. The first kappa shape index (κ1) is 22.8. The zero-order valence-electron chi connectivity index (χ0n) is 17.6. The molecule has 33 heavy (non-hydrogen) atoms. The van der Waals surface area contributed by atoms with Crippen LogP contribution in [-0.2, 0) is 12.6 Å². The number of hydrogen-bond donors (Lipinski definition) is 3. The number of carbonyl (C=O) groups is 1. The summed E-state index contributed by atoms with van der Waals surface area (Å²) in [5, 5.41) is 3.74. The highest BCUT2D eigenvalue weighted by Crippen LogP contribution is 2.38. The van der Waals surface area contributed by atoms with E-state index in [1.807, 2.05) is 12.1 Å². The molecule has 0 aliphatic rings. The quantitative estimate of drug-likeness (QED) is 0.365. The van der Waals surface area contributed by atoms with Gasteiger partial charge in [-0.25, -0.2) is 4.98 Å². The van der Waals surface area contributed by atoms with Crippen molar-refractivity contribution < 1.29 is 22.7 Å². The lowest BCUT2D eigenvalue weighted by molar-refractivity contribution is -0.137. The number of thiophene rings is 1. The van der Waals surface area contributed by atoms with Crippen LogP contribution in [0.3, 0.4) is 0 Å². The molecule has 3 aromatic heterocycles. The Labute approximate surface area is 191 Å². The van der Waals surface area contributed by atoms with Gasteiger partial charge in [0.25, 0.3) is 5.91 Å². The maximum Gasteiger partial charge on any atom is 0.416 e. The van der Waals surface area contributed by atoms with E-state index in [1.54, 1.807) is 24.5 Å². The molecule has 0 saturated heterocycles. The number of ether oxygens (including phenoxy) is 1. The fourth-order valence-corrected chi connectivity index (χ4v) is 4.66. The van der Waals surface area contributed by atoms with Gasteiger partial charge in [0, 0.05) is 40.8 Å². The Balaban J connectivity index is 1.56. The number of hydrogen-bond acceptors (Lipinski definition) is 5. The number of amides is 1. The molecule has 4 rings (SSSR count).